The second-order valence-electron chi connectivity index (χ2n) is 5.23. The van der Waals surface area contributed by atoms with Gasteiger partial charge in [-0.15, -0.1) is 0 Å². The predicted molar refractivity (Wildman–Crippen MR) is 74.5 cm³/mol. The summed E-state index contributed by atoms with van der Waals surface area (Å²) in [4.78, 5) is 16.2. The summed E-state index contributed by atoms with van der Waals surface area (Å²) in [5, 5.41) is 3.40. The number of pyridine rings is 1. The van der Waals surface area contributed by atoms with Gasteiger partial charge in [-0.3, -0.25) is 9.78 Å². The number of methoxy groups -OCH3 is 1. The van der Waals surface area contributed by atoms with Crippen molar-refractivity contribution in [1.29, 1.82) is 0 Å². The van der Waals surface area contributed by atoms with Gasteiger partial charge < -0.3 is 10.1 Å². The van der Waals surface area contributed by atoms with Crippen LogP contribution < -0.4 is 5.32 Å². The highest BCUT2D eigenvalue weighted by atomic mass is 35.5. The first-order valence-electron chi connectivity index (χ1n) is 6.46. The van der Waals surface area contributed by atoms with Gasteiger partial charge in [0.05, 0.1) is 10.6 Å². The van der Waals surface area contributed by atoms with E-state index in [9.17, 15) is 4.79 Å². The van der Waals surface area contributed by atoms with Crippen molar-refractivity contribution in [2.45, 2.75) is 26.2 Å². The maximum absolute atomic E-state index is 12.1. The number of ether oxygens (including phenoxy) is 1. The Morgan fingerprint density at radius 1 is 1.58 bits per heavy atom. The monoisotopic (exact) mass is 282 g/mol. The third-order valence-electron chi connectivity index (χ3n) is 3.65. The average Bonchev–Trinajstić information content (AvgIpc) is 3.14. The minimum Gasteiger partial charge on any atom is -0.385 e. The molecule has 1 amide bonds. The molecule has 0 atom stereocenters. The molecule has 1 heterocycles. The number of hydrogen-bond acceptors (Lipinski definition) is 3. The Morgan fingerprint density at radius 3 is 2.89 bits per heavy atom. The Labute approximate surface area is 118 Å². The molecule has 1 aliphatic rings. The van der Waals surface area contributed by atoms with E-state index in [1.54, 1.807) is 13.2 Å². The molecule has 1 aromatic heterocycles. The van der Waals surface area contributed by atoms with E-state index in [-0.39, 0.29) is 11.3 Å². The number of halogens is 1. The molecule has 0 saturated heterocycles. The Balaban J connectivity index is 1.91. The lowest BCUT2D eigenvalue weighted by molar-refractivity contribution is 0.0937. The van der Waals surface area contributed by atoms with Crippen molar-refractivity contribution in [3.05, 3.63) is 28.5 Å². The standard InChI is InChI=1S/C14H19ClN2O2/c1-10-7-12(15)11(8-16-10)13(18)17-9-14(3-4-14)5-6-19-2/h7-8H,3-6,9H2,1-2H3,(H,17,18). The van der Waals surface area contributed by atoms with Gasteiger partial charge >= 0.3 is 0 Å². The van der Waals surface area contributed by atoms with Gasteiger partial charge in [0.1, 0.15) is 0 Å². The molecule has 2 rings (SSSR count). The summed E-state index contributed by atoms with van der Waals surface area (Å²) in [7, 11) is 1.70. The van der Waals surface area contributed by atoms with Gasteiger partial charge in [0, 0.05) is 32.2 Å². The normalized spacial score (nSPS) is 16.2. The molecule has 1 fully saturated rings. The van der Waals surface area contributed by atoms with Crippen LogP contribution in [0.3, 0.4) is 0 Å². The first kappa shape index (κ1) is 14.3. The molecule has 19 heavy (non-hydrogen) atoms. The van der Waals surface area contributed by atoms with Gasteiger partial charge in [0.15, 0.2) is 0 Å². The minimum absolute atomic E-state index is 0.152. The molecule has 0 unspecified atom stereocenters. The van der Waals surface area contributed by atoms with Crippen LogP contribution in [-0.2, 0) is 4.74 Å². The molecule has 0 radical (unpaired) electrons. The maximum Gasteiger partial charge on any atom is 0.254 e. The van der Waals surface area contributed by atoms with E-state index >= 15 is 0 Å². The lowest BCUT2D eigenvalue weighted by Crippen LogP contribution is -2.31. The van der Waals surface area contributed by atoms with Gasteiger partial charge in [-0.2, -0.15) is 0 Å². The van der Waals surface area contributed by atoms with Crippen LogP contribution in [0, 0.1) is 12.3 Å². The Bertz CT molecular complexity index is 473. The van der Waals surface area contributed by atoms with Gasteiger partial charge in [-0.25, -0.2) is 0 Å². The highest BCUT2D eigenvalue weighted by Crippen LogP contribution is 2.48. The molecule has 0 spiro atoms. The number of aryl methyl sites for hydroxylation is 1. The molecule has 0 aromatic carbocycles. The lowest BCUT2D eigenvalue weighted by Gasteiger charge is -2.15. The average molecular weight is 283 g/mol. The summed E-state index contributed by atoms with van der Waals surface area (Å²) in [6.07, 6.45) is 4.82. The second kappa shape index (κ2) is 5.88. The van der Waals surface area contributed by atoms with E-state index < -0.39 is 0 Å². The number of aromatic nitrogens is 1. The van der Waals surface area contributed by atoms with E-state index in [2.05, 4.69) is 10.3 Å². The smallest absolute Gasteiger partial charge is 0.254 e. The van der Waals surface area contributed by atoms with Crippen LogP contribution >= 0.6 is 11.6 Å². The first-order chi connectivity index (χ1) is 9.06. The van der Waals surface area contributed by atoms with E-state index in [1.165, 1.54) is 6.20 Å². The van der Waals surface area contributed by atoms with Crippen molar-refractivity contribution in [3.8, 4) is 0 Å². The number of rotatable bonds is 6. The molecule has 1 aliphatic carbocycles. The van der Waals surface area contributed by atoms with Crippen LogP contribution in [0.1, 0.15) is 35.3 Å². The molecule has 0 aliphatic heterocycles. The van der Waals surface area contributed by atoms with Crippen molar-refractivity contribution in [3.63, 3.8) is 0 Å². The Morgan fingerprint density at radius 2 is 2.32 bits per heavy atom. The Hall–Kier alpha value is -1.13. The molecule has 4 nitrogen and oxygen atoms in total. The number of amides is 1. The molecule has 1 saturated carbocycles. The number of nitrogens with one attached hydrogen (secondary N) is 1. The minimum atomic E-state index is -0.152. The van der Waals surface area contributed by atoms with Crippen LogP contribution in [0.4, 0.5) is 0 Å². The van der Waals surface area contributed by atoms with E-state index in [4.69, 9.17) is 16.3 Å². The summed E-state index contributed by atoms with van der Waals surface area (Å²) in [5.41, 5.74) is 1.48. The number of hydrogen-bond donors (Lipinski definition) is 1. The summed E-state index contributed by atoms with van der Waals surface area (Å²) in [6, 6.07) is 1.70. The molecule has 104 valence electrons. The highest BCUT2D eigenvalue weighted by molar-refractivity contribution is 6.33. The van der Waals surface area contributed by atoms with Crippen molar-refractivity contribution < 1.29 is 9.53 Å². The molecule has 0 bridgehead atoms. The SMILES string of the molecule is COCCC1(CNC(=O)c2cnc(C)cc2Cl)CC1. The zero-order valence-electron chi connectivity index (χ0n) is 11.3. The third-order valence-corrected chi connectivity index (χ3v) is 3.97. The number of nitrogens with zero attached hydrogens (tertiary/aromatic N) is 1. The van der Waals surface area contributed by atoms with Crippen LogP contribution in [-0.4, -0.2) is 31.2 Å². The van der Waals surface area contributed by atoms with E-state index in [0.717, 1.165) is 31.6 Å². The number of carbonyl (C=O) groups excluding carboxylic acids is 1. The zero-order chi connectivity index (χ0) is 13.9. The third kappa shape index (κ3) is 3.67. The summed E-state index contributed by atoms with van der Waals surface area (Å²) < 4.78 is 5.10. The first-order valence-corrected chi connectivity index (χ1v) is 6.83. The van der Waals surface area contributed by atoms with Crippen LogP contribution in [0.15, 0.2) is 12.3 Å². The molecule has 5 heteroatoms. The Kier molecular flexibility index (Phi) is 4.42. The molecular weight excluding hydrogens is 264 g/mol. The van der Waals surface area contributed by atoms with Gasteiger partial charge in [0.25, 0.3) is 5.91 Å². The van der Waals surface area contributed by atoms with Crippen molar-refractivity contribution >= 4 is 17.5 Å². The van der Waals surface area contributed by atoms with Gasteiger partial charge in [-0.1, -0.05) is 11.6 Å². The van der Waals surface area contributed by atoms with Crippen LogP contribution in [0.2, 0.25) is 5.02 Å². The fourth-order valence-electron chi connectivity index (χ4n) is 2.07. The summed E-state index contributed by atoms with van der Waals surface area (Å²) in [5.74, 6) is -0.152. The molecule has 1 N–H and O–H groups in total. The highest BCUT2D eigenvalue weighted by Gasteiger charge is 2.42. The zero-order valence-corrected chi connectivity index (χ0v) is 12.1. The van der Waals surface area contributed by atoms with Crippen LogP contribution in [0.25, 0.3) is 0 Å². The summed E-state index contributed by atoms with van der Waals surface area (Å²) in [6.45, 7) is 3.26. The van der Waals surface area contributed by atoms with E-state index in [0.29, 0.717) is 17.1 Å². The molecule has 1 aromatic rings. The largest absolute Gasteiger partial charge is 0.385 e. The fourth-order valence-corrected chi connectivity index (χ4v) is 2.36. The molecular formula is C14H19ClN2O2. The topological polar surface area (TPSA) is 51.2 Å². The van der Waals surface area contributed by atoms with Gasteiger partial charge in [0.2, 0.25) is 0 Å². The quantitative estimate of drug-likeness (QED) is 0.872. The maximum atomic E-state index is 12.1. The van der Waals surface area contributed by atoms with Crippen LogP contribution in [0.5, 0.6) is 0 Å². The van der Waals surface area contributed by atoms with Gasteiger partial charge in [-0.05, 0) is 37.7 Å². The van der Waals surface area contributed by atoms with Crippen molar-refractivity contribution in [2.75, 3.05) is 20.3 Å². The predicted octanol–water partition coefficient (Wildman–Crippen LogP) is 2.59. The fraction of sp³-hybridized carbons (Fsp3) is 0.571. The number of carbonyl (C=O) groups is 1. The lowest BCUT2D eigenvalue weighted by atomic mass is 10.0. The van der Waals surface area contributed by atoms with Crippen molar-refractivity contribution in [2.24, 2.45) is 5.41 Å². The van der Waals surface area contributed by atoms with Crippen molar-refractivity contribution in [1.82, 2.24) is 10.3 Å². The van der Waals surface area contributed by atoms with E-state index in [1.807, 2.05) is 6.92 Å². The second-order valence-corrected chi connectivity index (χ2v) is 5.64. The summed E-state index contributed by atoms with van der Waals surface area (Å²) >= 11 is 6.05.